The van der Waals surface area contributed by atoms with Crippen molar-refractivity contribution < 1.29 is 18.8 Å². The predicted octanol–water partition coefficient (Wildman–Crippen LogP) is 3.91. The zero-order valence-electron chi connectivity index (χ0n) is 17.1. The molecule has 2 aromatic carbocycles. The average molecular weight is 395 g/mol. The van der Waals surface area contributed by atoms with Crippen LogP contribution >= 0.6 is 0 Å². The predicted molar refractivity (Wildman–Crippen MR) is 109 cm³/mol. The van der Waals surface area contributed by atoms with Crippen LogP contribution in [-0.4, -0.2) is 41.7 Å². The van der Waals surface area contributed by atoms with Crippen molar-refractivity contribution in [1.82, 2.24) is 15.0 Å². The largest absolute Gasteiger partial charge is 0.497 e. The first-order chi connectivity index (χ1) is 14.0. The summed E-state index contributed by atoms with van der Waals surface area (Å²) in [5.41, 5.74) is 2.01. The van der Waals surface area contributed by atoms with Crippen molar-refractivity contribution in [3.63, 3.8) is 0 Å². The van der Waals surface area contributed by atoms with E-state index in [1.165, 1.54) is 10.5 Å². The number of carbonyl (C=O) groups excluding carboxylic acids is 1. The van der Waals surface area contributed by atoms with E-state index >= 15 is 0 Å². The van der Waals surface area contributed by atoms with Crippen LogP contribution in [0.1, 0.15) is 31.2 Å². The van der Waals surface area contributed by atoms with Gasteiger partial charge in [0.15, 0.2) is 6.61 Å². The van der Waals surface area contributed by atoms with Crippen molar-refractivity contribution in [1.29, 1.82) is 0 Å². The Morgan fingerprint density at radius 3 is 2.59 bits per heavy atom. The summed E-state index contributed by atoms with van der Waals surface area (Å²) in [6, 6.07) is 15.1. The number of carbonyl (C=O) groups is 1. The molecule has 152 valence electrons. The van der Waals surface area contributed by atoms with Gasteiger partial charge in [0.1, 0.15) is 11.5 Å². The van der Waals surface area contributed by atoms with Crippen LogP contribution in [-0.2, 0) is 11.3 Å². The Bertz CT molecular complexity index is 951. The fourth-order valence-corrected chi connectivity index (χ4v) is 2.69. The third-order valence-corrected chi connectivity index (χ3v) is 4.50. The quantitative estimate of drug-likeness (QED) is 0.576. The van der Waals surface area contributed by atoms with Gasteiger partial charge in [0.05, 0.1) is 13.7 Å². The Labute approximate surface area is 170 Å². The van der Waals surface area contributed by atoms with Gasteiger partial charge in [-0.3, -0.25) is 4.79 Å². The highest BCUT2D eigenvalue weighted by Gasteiger charge is 2.15. The molecule has 0 atom stereocenters. The van der Waals surface area contributed by atoms with Gasteiger partial charge in [-0.1, -0.05) is 43.3 Å². The number of likely N-dealkylation sites (N-methyl/N-ethyl adjacent to an activating group) is 1. The highest BCUT2D eigenvalue weighted by atomic mass is 16.5. The molecule has 1 aromatic heterocycles. The van der Waals surface area contributed by atoms with Gasteiger partial charge in [-0.25, -0.2) is 0 Å². The van der Waals surface area contributed by atoms with E-state index in [-0.39, 0.29) is 19.1 Å². The van der Waals surface area contributed by atoms with Gasteiger partial charge in [0.25, 0.3) is 5.91 Å². The number of amides is 1. The molecule has 1 heterocycles. The minimum absolute atomic E-state index is 0.0611. The fourth-order valence-electron chi connectivity index (χ4n) is 2.69. The summed E-state index contributed by atoms with van der Waals surface area (Å²) in [6.07, 6.45) is 0. The summed E-state index contributed by atoms with van der Waals surface area (Å²) in [5, 5.41) is 3.98. The molecule has 7 heteroatoms. The lowest BCUT2D eigenvalue weighted by Crippen LogP contribution is -2.31. The molecule has 29 heavy (non-hydrogen) atoms. The van der Waals surface area contributed by atoms with E-state index < -0.39 is 0 Å². The van der Waals surface area contributed by atoms with Crippen molar-refractivity contribution in [2.75, 3.05) is 20.8 Å². The van der Waals surface area contributed by atoms with Crippen molar-refractivity contribution in [3.05, 3.63) is 60.0 Å². The smallest absolute Gasteiger partial charge is 0.260 e. The molecule has 3 aromatic rings. The molecule has 0 aliphatic heterocycles. The van der Waals surface area contributed by atoms with Crippen molar-refractivity contribution in [3.8, 4) is 22.9 Å². The van der Waals surface area contributed by atoms with E-state index in [1.54, 1.807) is 14.2 Å². The Morgan fingerprint density at radius 1 is 1.14 bits per heavy atom. The molecule has 0 unspecified atom stereocenters. The summed E-state index contributed by atoms with van der Waals surface area (Å²) in [5.74, 6) is 2.43. The van der Waals surface area contributed by atoms with Gasteiger partial charge in [0.2, 0.25) is 11.7 Å². The minimum atomic E-state index is -0.181. The lowest BCUT2D eigenvalue weighted by atomic mass is 10.0. The van der Waals surface area contributed by atoms with Gasteiger partial charge >= 0.3 is 0 Å². The first-order valence-corrected chi connectivity index (χ1v) is 9.40. The highest BCUT2D eigenvalue weighted by Crippen LogP contribution is 2.22. The molecule has 0 bridgehead atoms. The van der Waals surface area contributed by atoms with E-state index in [0.717, 1.165) is 5.56 Å². The van der Waals surface area contributed by atoms with Gasteiger partial charge < -0.3 is 18.9 Å². The number of nitrogens with zero attached hydrogens (tertiary/aromatic N) is 3. The topological polar surface area (TPSA) is 77.7 Å². The molecule has 0 saturated carbocycles. The first-order valence-electron chi connectivity index (χ1n) is 9.40. The Morgan fingerprint density at radius 2 is 1.90 bits per heavy atom. The third kappa shape index (κ3) is 5.34. The van der Waals surface area contributed by atoms with E-state index in [4.69, 9.17) is 14.0 Å². The third-order valence-electron chi connectivity index (χ3n) is 4.50. The lowest BCUT2D eigenvalue weighted by Gasteiger charge is -2.15. The number of ether oxygens (including phenoxy) is 2. The molecule has 7 nitrogen and oxygen atoms in total. The van der Waals surface area contributed by atoms with Crippen LogP contribution in [0.4, 0.5) is 0 Å². The monoisotopic (exact) mass is 395 g/mol. The SMILES string of the molecule is COc1cccc(-c2noc(CN(C)C(=O)COc3ccc(C(C)C)cc3)n2)c1. The molecule has 0 fully saturated rings. The Balaban J connectivity index is 1.55. The maximum absolute atomic E-state index is 12.4. The van der Waals surface area contributed by atoms with Crippen LogP contribution in [0.2, 0.25) is 0 Å². The van der Waals surface area contributed by atoms with Crippen LogP contribution in [0.5, 0.6) is 11.5 Å². The van der Waals surface area contributed by atoms with E-state index in [1.807, 2.05) is 48.5 Å². The van der Waals surface area contributed by atoms with Crippen LogP contribution in [0.15, 0.2) is 53.1 Å². The van der Waals surface area contributed by atoms with Gasteiger partial charge in [-0.2, -0.15) is 4.98 Å². The number of aromatic nitrogens is 2. The van der Waals surface area contributed by atoms with Crippen LogP contribution in [0.3, 0.4) is 0 Å². The molecule has 1 amide bonds. The van der Waals surface area contributed by atoms with Crippen LogP contribution < -0.4 is 9.47 Å². The summed E-state index contributed by atoms with van der Waals surface area (Å²) in [6.45, 7) is 4.40. The maximum atomic E-state index is 12.4. The second-order valence-corrected chi connectivity index (χ2v) is 7.01. The normalized spacial score (nSPS) is 10.8. The summed E-state index contributed by atoms with van der Waals surface area (Å²) < 4.78 is 16.1. The Hall–Kier alpha value is -3.35. The zero-order chi connectivity index (χ0) is 20.8. The number of methoxy groups -OCH3 is 1. The molecule has 0 saturated heterocycles. The van der Waals surface area contributed by atoms with E-state index in [9.17, 15) is 4.79 Å². The van der Waals surface area contributed by atoms with Crippen molar-refractivity contribution >= 4 is 5.91 Å². The second kappa shape index (κ2) is 9.23. The number of hydrogen-bond donors (Lipinski definition) is 0. The summed E-state index contributed by atoms with van der Waals surface area (Å²) in [7, 11) is 3.27. The zero-order valence-corrected chi connectivity index (χ0v) is 17.1. The molecule has 0 radical (unpaired) electrons. The minimum Gasteiger partial charge on any atom is -0.497 e. The number of rotatable bonds is 8. The number of benzene rings is 2. The standard InChI is InChI=1S/C22H25N3O4/c1-15(2)16-8-10-18(11-9-16)28-14-21(26)25(3)13-20-23-22(24-29-20)17-6-5-7-19(12-17)27-4/h5-12,15H,13-14H2,1-4H3. The summed E-state index contributed by atoms with van der Waals surface area (Å²) >= 11 is 0. The molecular weight excluding hydrogens is 370 g/mol. The van der Waals surface area contributed by atoms with Crippen LogP contribution in [0, 0.1) is 0 Å². The highest BCUT2D eigenvalue weighted by molar-refractivity contribution is 5.77. The molecule has 0 spiro atoms. The molecular formula is C22H25N3O4. The number of hydrogen-bond acceptors (Lipinski definition) is 6. The second-order valence-electron chi connectivity index (χ2n) is 7.01. The van der Waals surface area contributed by atoms with Crippen molar-refractivity contribution in [2.45, 2.75) is 26.3 Å². The first kappa shape index (κ1) is 20.4. The van der Waals surface area contributed by atoms with E-state index in [0.29, 0.717) is 29.1 Å². The fraction of sp³-hybridized carbons (Fsp3) is 0.318. The van der Waals surface area contributed by atoms with Gasteiger partial charge in [-0.15, -0.1) is 0 Å². The van der Waals surface area contributed by atoms with Crippen LogP contribution in [0.25, 0.3) is 11.4 Å². The van der Waals surface area contributed by atoms with Gasteiger partial charge in [0, 0.05) is 12.6 Å². The van der Waals surface area contributed by atoms with Crippen molar-refractivity contribution in [2.24, 2.45) is 0 Å². The molecule has 0 aliphatic carbocycles. The van der Waals surface area contributed by atoms with Gasteiger partial charge in [-0.05, 0) is 35.7 Å². The lowest BCUT2D eigenvalue weighted by molar-refractivity contribution is -0.132. The summed E-state index contributed by atoms with van der Waals surface area (Å²) in [4.78, 5) is 18.2. The molecule has 0 aliphatic rings. The average Bonchev–Trinajstić information content (AvgIpc) is 3.20. The molecule has 3 rings (SSSR count). The Kier molecular flexibility index (Phi) is 6.49. The molecule has 0 N–H and O–H groups in total. The van der Waals surface area contributed by atoms with E-state index in [2.05, 4.69) is 24.0 Å². The maximum Gasteiger partial charge on any atom is 0.260 e.